The Labute approximate surface area is 101 Å². The fourth-order valence-corrected chi connectivity index (χ4v) is 1.30. The fourth-order valence-electron chi connectivity index (χ4n) is 1.30. The standard InChI is InChI=1S/C12H20F3NO/c1-11(2,10-16)6-3-4-8-17-9-5-7-12(13,14)15/h3-9H2,1-2H3. The number of nitriles is 1. The first-order valence-corrected chi connectivity index (χ1v) is 5.83. The second-order valence-electron chi connectivity index (χ2n) is 4.78. The van der Waals surface area contributed by atoms with Crippen LogP contribution >= 0.6 is 0 Å². The number of halogens is 3. The third kappa shape index (κ3) is 11.5. The molecule has 0 aromatic carbocycles. The molecular weight excluding hydrogens is 231 g/mol. The molecule has 0 amide bonds. The lowest BCUT2D eigenvalue weighted by Gasteiger charge is -2.14. The van der Waals surface area contributed by atoms with E-state index in [0.29, 0.717) is 6.61 Å². The number of hydrogen-bond donors (Lipinski definition) is 0. The molecule has 0 aliphatic heterocycles. The molecule has 0 aromatic heterocycles. The molecule has 0 radical (unpaired) electrons. The molecule has 17 heavy (non-hydrogen) atoms. The van der Waals surface area contributed by atoms with Gasteiger partial charge in [-0.05, 0) is 39.5 Å². The highest BCUT2D eigenvalue weighted by Gasteiger charge is 2.25. The molecule has 0 rings (SSSR count). The minimum Gasteiger partial charge on any atom is -0.381 e. The van der Waals surface area contributed by atoms with E-state index in [1.807, 2.05) is 13.8 Å². The Kier molecular flexibility index (Phi) is 7.21. The molecule has 0 saturated carbocycles. The Balaban J connectivity index is 3.29. The van der Waals surface area contributed by atoms with E-state index in [-0.39, 0.29) is 18.4 Å². The van der Waals surface area contributed by atoms with Crippen LogP contribution in [0.2, 0.25) is 0 Å². The molecule has 0 spiro atoms. The van der Waals surface area contributed by atoms with E-state index >= 15 is 0 Å². The van der Waals surface area contributed by atoms with E-state index in [2.05, 4.69) is 6.07 Å². The Morgan fingerprint density at radius 3 is 2.12 bits per heavy atom. The SMILES string of the molecule is CC(C)(C#N)CCCCOCCCC(F)(F)F. The third-order valence-electron chi connectivity index (χ3n) is 2.39. The Morgan fingerprint density at radius 2 is 1.59 bits per heavy atom. The van der Waals surface area contributed by atoms with Gasteiger partial charge in [-0.2, -0.15) is 18.4 Å². The van der Waals surface area contributed by atoms with Crippen LogP contribution in [0.25, 0.3) is 0 Å². The van der Waals surface area contributed by atoms with Gasteiger partial charge >= 0.3 is 6.18 Å². The summed E-state index contributed by atoms with van der Waals surface area (Å²) in [4.78, 5) is 0. The molecule has 0 saturated heterocycles. The maximum absolute atomic E-state index is 11.8. The average molecular weight is 251 g/mol. The molecule has 0 aliphatic rings. The quantitative estimate of drug-likeness (QED) is 0.609. The van der Waals surface area contributed by atoms with Gasteiger partial charge in [0, 0.05) is 19.6 Å². The minimum atomic E-state index is -4.08. The second-order valence-corrected chi connectivity index (χ2v) is 4.78. The van der Waals surface area contributed by atoms with Crippen molar-refractivity contribution in [1.82, 2.24) is 0 Å². The van der Waals surface area contributed by atoms with Crippen LogP contribution in [0.1, 0.15) is 46.0 Å². The molecule has 0 bridgehead atoms. The zero-order chi connectivity index (χ0) is 13.4. The van der Waals surface area contributed by atoms with E-state index in [0.717, 1.165) is 19.3 Å². The number of unbranched alkanes of at least 4 members (excludes halogenated alkanes) is 1. The summed E-state index contributed by atoms with van der Waals surface area (Å²) in [5, 5.41) is 8.76. The lowest BCUT2D eigenvalue weighted by Crippen LogP contribution is -2.10. The third-order valence-corrected chi connectivity index (χ3v) is 2.39. The van der Waals surface area contributed by atoms with E-state index in [1.54, 1.807) is 0 Å². The lowest BCUT2D eigenvalue weighted by atomic mass is 9.89. The van der Waals surface area contributed by atoms with Crippen LogP contribution in [0.5, 0.6) is 0 Å². The van der Waals surface area contributed by atoms with Crippen molar-refractivity contribution >= 4 is 0 Å². The van der Waals surface area contributed by atoms with E-state index in [4.69, 9.17) is 10.00 Å². The Hall–Kier alpha value is -0.760. The minimum absolute atomic E-state index is 0.0210. The summed E-state index contributed by atoms with van der Waals surface area (Å²) in [7, 11) is 0. The molecule has 100 valence electrons. The van der Waals surface area contributed by atoms with E-state index in [1.165, 1.54) is 0 Å². The van der Waals surface area contributed by atoms with Gasteiger partial charge in [0.15, 0.2) is 0 Å². The van der Waals surface area contributed by atoms with Crippen molar-refractivity contribution in [3.63, 3.8) is 0 Å². The largest absolute Gasteiger partial charge is 0.389 e. The first-order chi connectivity index (χ1) is 7.77. The molecule has 5 heteroatoms. The molecule has 2 nitrogen and oxygen atoms in total. The first kappa shape index (κ1) is 16.2. The van der Waals surface area contributed by atoms with Gasteiger partial charge in [0.1, 0.15) is 0 Å². The van der Waals surface area contributed by atoms with Crippen molar-refractivity contribution in [2.24, 2.45) is 5.41 Å². The zero-order valence-electron chi connectivity index (χ0n) is 10.4. The van der Waals surface area contributed by atoms with Gasteiger partial charge < -0.3 is 4.74 Å². The molecule has 0 fully saturated rings. The molecule has 0 heterocycles. The van der Waals surface area contributed by atoms with Crippen LogP contribution in [0, 0.1) is 16.7 Å². The maximum atomic E-state index is 11.8. The van der Waals surface area contributed by atoms with Crippen molar-refractivity contribution in [3.05, 3.63) is 0 Å². The zero-order valence-corrected chi connectivity index (χ0v) is 10.4. The van der Waals surface area contributed by atoms with Crippen LogP contribution < -0.4 is 0 Å². The highest BCUT2D eigenvalue weighted by molar-refractivity contribution is 4.91. The molecule has 0 N–H and O–H groups in total. The topological polar surface area (TPSA) is 33.0 Å². The lowest BCUT2D eigenvalue weighted by molar-refractivity contribution is -0.137. The molecule has 0 aliphatic carbocycles. The van der Waals surface area contributed by atoms with Crippen LogP contribution in [0.3, 0.4) is 0 Å². The number of hydrogen-bond acceptors (Lipinski definition) is 2. The van der Waals surface area contributed by atoms with Crippen molar-refractivity contribution < 1.29 is 17.9 Å². The summed E-state index contributed by atoms with van der Waals surface area (Å²) in [6.07, 6.45) is -2.41. The fraction of sp³-hybridized carbons (Fsp3) is 0.917. The predicted molar refractivity (Wildman–Crippen MR) is 59.4 cm³/mol. The Morgan fingerprint density at radius 1 is 1.00 bits per heavy atom. The number of nitrogens with zero attached hydrogens (tertiary/aromatic N) is 1. The maximum Gasteiger partial charge on any atom is 0.389 e. The highest BCUT2D eigenvalue weighted by atomic mass is 19.4. The van der Waals surface area contributed by atoms with Gasteiger partial charge in [-0.25, -0.2) is 0 Å². The summed E-state index contributed by atoms with van der Waals surface area (Å²) in [6, 6.07) is 2.20. The van der Waals surface area contributed by atoms with Gasteiger partial charge in [0.25, 0.3) is 0 Å². The second kappa shape index (κ2) is 7.54. The number of rotatable bonds is 8. The van der Waals surface area contributed by atoms with Crippen molar-refractivity contribution in [2.45, 2.75) is 52.1 Å². The van der Waals surface area contributed by atoms with Crippen LogP contribution in [0.15, 0.2) is 0 Å². The highest BCUT2D eigenvalue weighted by Crippen LogP contribution is 2.22. The monoisotopic (exact) mass is 251 g/mol. The molecule has 0 atom stereocenters. The van der Waals surface area contributed by atoms with E-state index in [9.17, 15) is 13.2 Å². The van der Waals surface area contributed by atoms with Crippen LogP contribution in [0.4, 0.5) is 13.2 Å². The van der Waals surface area contributed by atoms with Crippen LogP contribution in [-0.2, 0) is 4.74 Å². The molecule has 0 unspecified atom stereocenters. The average Bonchev–Trinajstić information content (AvgIpc) is 2.20. The van der Waals surface area contributed by atoms with Gasteiger partial charge in [-0.15, -0.1) is 0 Å². The van der Waals surface area contributed by atoms with Crippen molar-refractivity contribution in [3.8, 4) is 6.07 Å². The molecular formula is C12H20F3NO. The summed E-state index contributed by atoms with van der Waals surface area (Å²) < 4.78 is 40.4. The van der Waals surface area contributed by atoms with Gasteiger partial charge in [0.05, 0.1) is 11.5 Å². The summed E-state index contributed by atoms with van der Waals surface area (Å²) in [6.45, 7) is 4.37. The number of alkyl halides is 3. The summed E-state index contributed by atoms with van der Waals surface area (Å²) in [5.74, 6) is 0. The number of ether oxygens (including phenoxy) is 1. The first-order valence-electron chi connectivity index (χ1n) is 5.83. The van der Waals surface area contributed by atoms with Gasteiger partial charge in [-0.3, -0.25) is 0 Å². The summed E-state index contributed by atoms with van der Waals surface area (Å²) in [5.41, 5.74) is -0.323. The van der Waals surface area contributed by atoms with Gasteiger partial charge in [0.2, 0.25) is 0 Å². The Bertz CT molecular complexity index is 243. The summed E-state index contributed by atoms with van der Waals surface area (Å²) >= 11 is 0. The van der Waals surface area contributed by atoms with Crippen molar-refractivity contribution in [2.75, 3.05) is 13.2 Å². The normalized spacial score (nSPS) is 12.5. The van der Waals surface area contributed by atoms with Gasteiger partial charge in [-0.1, -0.05) is 0 Å². The smallest absolute Gasteiger partial charge is 0.381 e. The van der Waals surface area contributed by atoms with Crippen molar-refractivity contribution in [1.29, 1.82) is 5.26 Å². The van der Waals surface area contributed by atoms with Crippen LogP contribution in [-0.4, -0.2) is 19.4 Å². The van der Waals surface area contributed by atoms with E-state index < -0.39 is 12.6 Å². The predicted octanol–water partition coefficient (Wildman–Crippen LogP) is 4.07. The molecule has 0 aromatic rings.